The van der Waals surface area contributed by atoms with E-state index in [1.807, 2.05) is 6.07 Å². The summed E-state index contributed by atoms with van der Waals surface area (Å²) in [6, 6.07) is 10.0. The summed E-state index contributed by atoms with van der Waals surface area (Å²) < 4.78 is 1.44. The van der Waals surface area contributed by atoms with Crippen molar-refractivity contribution in [1.82, 2.24) is 9.38 Å². The first-order chi connectivity index (χ1) is 9.13. The van der Waals surface area contributed by atoms with Crippen LogP contribution in [0.4, 0.5) is 11.5 Å². The minimum atomic E-state index is -0.568. The molecule has 0 aliphatic rings. The SMILES string of the molecule is N#Cc1cc([N+](=O)[O-])c2nc3ccccc3n2c1N. The van der Waals surface area contributed by atoms with Crippen molar-refractivity contribution in [1.29, 1.82) is 5.26 Å². The molecule has 2 heterocycles. The standard InChI is InChI=1S/C12H7N5O2/c13-6-7-5-10(17(18)19)12-15-8-3-1-2-4-9(8)16(12)11(7)14/h1-5H,14H2. The lowest BCUT2D eigenvalue weighted by Gasteiger charge is -2.03. The molecule has 0 saturated heterocycles. The Bertz CT molecular complexity index is 875. The molecular formula is C12H7N5O2. The third kappa shape index (κ3) is 1.40. The quantitative estimate of drug-likeness (QED) is 0.525. The van der Waals surface area contributed by atoms with E-state index in [0.29, 0.717) is 11.0 Å². The number of imidazole rings is 1. The van der Waals surface area contributed by atoms with E-state index in [4.69, 9.17) is 11.0 Å². The van der Waals surface area contributed by atoms with Gasteiger partial charge in [0.05, 0.1) is 21.5 Å². The van der Waals surface area contributed by atoms with Gasteiger partial charge >= 0.3 is 5.69 Å². The van der Waals surface area contributed by atoms with Crippen molar-refractivity contribution in [2.24, 2.45) is 0 Å². The van der Waals surface area contributed by atoms with Gasteiger partial charge < -0.3 is 5.73 Å². The molecule has 0 bridgehead atoms. The number of hydrogen-bond acceptors (Lipinski definition) is 5. The summed E-state index contributed by atoms with van der Waals surface area (Å²) >= 11 is 0. The molecule has 1 aromatic carbocycles. The normalized spacial score (nSPS) is 10.7. The molecule has 0 atom stereocenters. The number of para-hydroxylation sites is 2. The van der Waals surface area contributed by atoms with E-state index in [0.717, 1.165) is 6.07 Å². The summed E-state index contributed by atoms with van der Waals surface area (Å²) in [5.41, 5.74) is 7.08. The lowest BCUT2D eigenvalue weighted by atomic mass is 10.2. The fourth-order valence-electron chi connectivity index (χ4n) is 2.06. The Morgan fingerprint density at radius 3 is 2.84 bits per heavy atom. The molecule has 7 nitrogen and oxygen atoms in total. The first-order valence-corrected chi connectivity index (χ1v) is 5.37. The number of nitrogen functional groups attached to an aromatic ring is 1. The van der Waals surface area contributed by atoms with Gasteiger partial charge in [0, 0.05) is 6.07 Å². The van der Waals surface area contributed by atoms with E-state index < -0.39 is 4.92 Å². The molecule has 0 aliphatic heterocycles. The molecule has 19 heavy (non-hydrogen) atoms. The highest BCUT2D eigenvalue weighted by Gasteiger charge is 2.21. The highest BCUT2D eigenvalue weighted by molar-refractivity contribution is 5.86. The summed E-state index contributed by atoms with van der Waals surface area (Å²) in [4.78, 5) is 14.7. The highest BCUT2D eigenvalue weighted by Crippen LogP contribution is 2.29. The van der Waals surface area contributed by atoms with E-state index >= 15 is 0 Å². The monoisotopic (exact) mass is 253 g/mol. The van der Waals surface area contributed by atoms with Crippen molar-refractivity contribution in [3.05, 3.63) is 46.0 Å². The fourth-order valence-corrected chi connectivity index (χ4v) is 2.06. The molecule has 0 radical (unpaired) electrons. The number of rotatable bonds is 1. The van der Waals surface area contributed by atoms with Crippen LogP contribution in [0.25, 0.3) is 16.7 Å². The maximum Gasteiger partial charge on any atom is 0.313 e. The second-order valence-electron chi connectivity index (χ2n) is 3.96. The van der Waals surface area contributed by atoms with Gasteiger partial charge in [-0.05, 0) is 12.1 Å². The van der Waals surface area contributed by atoms with Crippen molar-refractivity contribution >= 4 is 28.2 Å². The molecular weight excluding hydrogens is 246 g/mol. The van der Waals surface area contributed by atoms with Gasteiger partial charge in [-0.15, -0.1) is 0 Å². The van der Waals surface area contributed by atoms with E-state index in [1.165, 1.54) is 4.40 Å². The van der Waals surface area contributed by atoms with E-state index in [-0.39, 0.29) is 22.7 Å². The van der Waals surface area contributed by atoms with Gasteiger partial charge in [-0.1, -0.05) is 12.1 Å². The van der Waals surface area contributed by atoms with Crippen molar-refractivity contribution in [3.63, 3.8) is 0 Å². The van der Waals surface area contributed by atoms with Gasteiger partial charge in [0.1, 0.15) is 11.9 Å². The molecule has 2 N–H and O–H groups in total. The zero-order valence-electron chi connectivity index (χ0n) is 9.57. The number of benzene rings is 1. The van der Waals surface area contributed by atoms with Gasteiger partial charge in [0.25, 0.3) is 0 Å². The molecule has 3 aromatic rings. The van der Waals surface area contributed by atoms with Crippen LogP contribution in [0, 0.1) is 21.4 Å². The van der Waals surface area contributed by atoms with Crippen molar-refractivity contribution in [2.75, 3.05) is 5.73 Å². The first-order valence-electron chi connectivity index (χ1n) is 5.37. The number of nitro groups is 1. The maximum absolute atomic E-state index is 11.1. The molecule has 0 saturated carbocycles. The Labute approximate surface area is 106 Å². The van der Waals surface area contributed by atoms with Gasteiger partial charge in [-0.2, -0.15) is 5.26 Å². The van der Waals surface area contributed by atoms with E-state index in [2.05, 4.69) is 4.98 Å². The lowest BCUT2D eigenvalue weighted by Crippen LogP contribution is -2.03. The number of aromatic nitrogens is 2. The second-order valence-corrected chi connectivity index (χ2v) is 3.96. The Balaban J connectivity index is 2.62. The molecule has 0 spiro atoms. The minimum absolute atomic E-state index is 0.0577. The Kier molecular flexibility index (Phi) is 2.13. The second kappa shape index (κ2) is 3.68. The summed E-state index contributed by atoms with van der Waals surface area (Å²) in [5, 5.41) is 20.1. The summed E-state index contributed by atoms with van der Waals surface area (Å²) in [6.45, 7) is 0. The largest absolute Gasteiger partial charge is 0.384 e. The van der Waals surface area contributed by atoms with Crippen LogP contribution in [0.2, 0.25) is 0 Å². The molecule has 2 aromatic heterocycles. The zero-order chi connectivity index (χ0) is 13.6. The predicted octanol–water partition coefficient (Wildman–Crippen LogP) is 1.85. The van der Waals surface area contributed by atoms with E-state index in [1.54, 1.807) is 24.3 Å². The van der Waals surface area contributed by atoms with Crippen LogP contribution in [-0.4, -0.2) is 14.3 Å². The number of fused-ring (bicyclic) bond motifs is 3. The lowest BCUT2D eigenvalue weighted by molar-refractivity contribution is -0.383. The number of hydrogen-bond donors (Lipinski definition) is 1. The highest BCUT2D eigenvalue weighted by atomic mass is 16.6. The Morgan fingerprint density at radius 2 is 2.16 bits per heavy atom. The zero-order valence-corrected chi connectivity index (χ0v) is 9.57. The predicted molar refractivity (Wildman–Crippen MR) is 68.5 cm³/mol. The Morgan fingerprint density at radius 1 is 1.42 bits per heavy atom. The van der Waals surface area contributed by atoms with Crippen molar-refractivity contribution < 1.29 is 4.92 Å². The molecule has 0 fully saturated rings. The third-order valence-electron chi connectivity index (χ3n) is 2.90. The van der Waals surface area contributed by atoms with Crippen molar-refractivity contribution in [3.8, 4) is 6.07 Å². The molecule has 3 rings (SSSR count). The van der Waals surface area contributed by atoms with Gasteiger partial charge in [-0.3, -0.25) is 14.5 Å². The number of anilines is 1. The van der Waals surface area contributed by atoms with Crippen LogP contribution in [0.5, 0.6) is 0 Å². The van der Waals surface area contributed by atoms with Gasteiger partial charge in [0.2, 0.25) is 5.65 Å². The third-order valence-corrected chi connectivity index (χ3v) is 2.90. The summed E-state index contributed by atoms with van der Waals surface area (Å²) in [6.07, 6.45) is 0. The maximum atomic E-state index is 11.1. The van der Waals surface area contributed by atoms with E-state index in [9.17, 15) is 10.1 Å². The van der Waals surface area contributed by atoms with Crippen LogP contribution in [-0.2, 0) is 0 Å². The first kappa shape index (κ1) is 11.0. The summed E-state index contributed by atoms with van der Waals surface area (Å²) in [7, 11) is 0. The average Bonchev–Trinajstić information content (AvgIpc) is 2.78. The number of nitriles is 1. The van der Waals surface area contributed by atoms with Gasteiger partial charge in [-0.25, -0.2) is 4.98 Å². The molecule has 0 unspecified atom stereocenters. The minimum Gasteiger partial charge on any atom is -0.384 e. The van der Waals surface area contributed by atoms with Crippen LogP contribution >= 0.6 is 0 Å². The average molecular weight is 253 g/mol. The number of pyridine rings is 1. The van der Waals surface area contributed by atoms with Crippen LogP contribution in [0.1, 0.15) is 5.56 Å². The molecule has 0 amide bonds. The van der Waals surface area contributed by atoms with Crippen LogP contribution in [0.15, 0.2) is 30.3 Å². The van der Waals surface area contributed by atoms with Crippen LogP contribution < -0.4 is 5.73 Å². The van der Waals surface area contributed by atoms with Gasteiger partial charge in [0.15, 0.2) is 0 Å². The number of nitrogens with two attached hydrogens (primary N) is 1. The van der Waals surface area contributed by atoms with Crippen LogP contribution in [0.3, 0.4) is 0 Å². The molecule has 92 valence electrons. The molecule has 0 aliphatic carbocycles. The fraction of sp³-hybridized carbons (Fsp3) is 0. The van der Waals surface area contributed by atoms with Crippen molar-refractivity contribution in [2.45, 2.75) is 0 Å². The smallest absolute Gasteiger partial charge is 0.313 e. The topological polar surface area (TPSA) is 110 Å². The summed E-state index contributed by atoms with van der Waals surface area (Å²) in [5.74, 6) is 0.150. The number of nitrogens with zero attached hydrogens (tertiary/aromatic N) is 4. The molecule has 7 heteroatoms. The Hall–Kier alpha value is -3.14.